The van der Waals surface area contributed by atoms with Gasteiger partial charge in [-0.2, -0.15) is 0 Å². The highest BCUT2D eigenvalue weighted by molar-refractivity contribution is 5.88. The lowest BCUT2D eigenvalue weighted by molar-refractivity contribution is 0.0517. The van der Waals surface area contributed by atoms with Gasteiger partial charge in [-0.25, -0.2) is 9.78 Å². The van der Waals surface area contributed by atoms with E-state index < -0.39 is 0 Å². The van der Waals surface area contributed by atoms with Crippen molar-refractivity contribution in [3.05, 3.63) is 17.7 Å². The lowest BCUT2D eigenvalue weighted by Gasteiger charge is -2.17. The molecule has 1 aromatic heterocycles. The largest absolute Gasteiger partial charge is 0.461 e. The number of imidazole rings is 1. The third-order valence-corrected chi connectivity index (χ3v) is 1.86. The van der Waals surface area contributed by atoms with E-state index in [4.69, 9.17) is 4.74 Å². The van der Waals surface area contributed by atoms with E-state index in [-0.39, 0.29) is 11.4 Å². The van der Waals surface area contributed by atoms with Crippen LogP contribution in [-0.2, 0) is 10.2 Å². The van der Waals surface area contributed by atoms with Gasteiger partial charge in [0.05, 0.1) is 18.6 Å². The molecule has 1 N–H and O–H groups in total. The summed E-state index contributed by atoms with van der Waals surface area (Å²) < 4.78 is 4.90. The Balaban J connectivity index is 2.99. The molecule has 0 fully saturated rings. The molecule has 1 heterocycles. The molecule has 0 saturated heterocycles. The summed E-state index contributed by atoms with van der Waals surface area (Å²) in [5.41, 5.74) is 1.08. The summed E-state index contributed by atoms with van der Waals surface area (Å²) in [7, 11) is 0. The fourth-order valence-corrected chi connectivity index (χ4v) is 1.22. The molecule has 4 nitrogen and oxygen atoms in total. The average Bonchev–Trinajstić information content (AvgIpc) is 2.50. The first-order chi connectivity index (χ1) is 6.46. The van der Waals surface area contributed by atoms with Crippen molar-refractivity contribution in [3.63, 3.8) is 0 Å². The number of hydrogen-bond acceptors (Lipinski definition) is 3. The zero-order valence-corrected chi connectivity index (χ0v) is 9.05. The van der Waals surface area contributed by atoms with Crippen LogP contribution in [0.15, 0.2) is 6.33 Å². The molecule has 0 aromatic carbocycles. The molecule has 0 spiro atoms. The number of aromatic nitrogens is 2. The molecule has 0 atom stereocenters. The Morgan fingerprint density at radius 2 is 2.21 bits per heavy atom. The first-order valence-electron chi connectivity index (χ1n) is 4.67. The van der Waals surface area contributed by atoms with Crippen molar-refractivity contribution < 1.29 is 9.53 Å². The number of aromatic amines is 1. The van der Waals surface area contributed by atoms with Gasteiger partial charge in [-0.15, -0.1) is 0 Å². The minimum atomic E-state index is -0.362. The number of rotatable bonds is 2. The van der Waals surface area contributed by atoms with E-state index in [1.54, 1.807) is 6.92 Å². The second-order valence-electron chi connectivity index (χ2n) is 4.10. The number of esters is 1. The van der Waals surface area contributed by atoms with Crippen molar-refractivity contribution in [2.45, 2.75) is 33.1 Å². The second-order valence-corrected chi connectivity index (χ2v) is 4.10. The molecule has 0 aliphatic carbocycles. The van der Waals surface area contributed by atoms with E-state index >= 15 is 0 Å². The molecule has 0 aliphatic rings. The SMILES string of the molecule is CCOC(=O)c1nc[nH]c1C(C)(C)C. The molecule has 14 heavy (non-hydrogen) atoms. The summed E-state index contributed by atoms with van der Waals surface area (Å²) in [6, 6.07) is 0. The molecule has 78 valence electrons. The molecule has 1 rings (SSSR count). The molecular formula is C10H16N2O2. The van der Waals surface area contributed by atoms with Gasteiger partial charge in [-0.3, -0.25) is 0 Å². The third-order valence-electron chi connectivity index (χ3n) is 1.86. The summed E-state index contributed by atoms with van der Waals surface area (Å²) >= 11 is 0. The second kappa shape index (κ2) is 3.82. The maximum Gasteiger partial charge on any atom is 0.358 e. The quantitative estimate of drug-likeness (QED) is 0.735. The molecule has 0 aliphatic heterocycles. The third kappa shape index (κ3) is 2.13. The predicted molar refractivity (Wildman–Crippen MR) is 53.2 cm³/mol. The number of hydrogen-bond donors (Lipinski definition) is 1. The van der Waals surface area contributed by atoms with Crippen molar-refractivity contribution in [2.75, 3.05) is 6.61 Å². The van der Waals surface area contributed by atoms with Gasteiger partial charge < -0.3 is 9.72 Å². The van der Waals surface area contributed by atoms with E-state index in [9.17, 15) is 4.79 Å². The highest BCUT2D eigenvalue weighted by Gasteiger charge is 2.24. The average molecular weight is 196 g/mol. The number of ether oxygens (including phenoxy) is 1. The summed E-state index contributed by atoms with van der Waals surface area (Å²) in [5.74, 6) is -0.362. The maximum atomic E-state index is 11.5. The van der Waals surface area contributed by atoms with Crippen molar-refractivity contribution in [1.29, 1.82) is 0 Å². The zero-order valence-electron chi connectivity index (χ0n) is 9.05. The normalized spacial score (nSPS) is 11.4. The molecule has 4 heteroatoms. The summed E-state index contributed by atoms with van der Waals surface area (Å²) in [5, 5.41) is 0. The first kappa shape index (κ1) is 10.8. The van der Waals surface area contributed by atoms with Gasteiger partial charge in [0, 0.05) is 5.41 Å². The Morgan fingerprint density at radius 3 is 2.71 bits per heavy atom. The number of carbonyl (C=O) groups is 1. The van der Waals surface area contributed by atoms with E-state index in [0.29, 0.717) is 12.3 Å². The Hall–Kier alpha value is -1.32. The fourth-order valence-electron chi connectivity index (χ4n) is 1.22. The van der Waals surface area contributed by atoms with E-state index in [1.165, 1.54) is 6.33 Å². The van der Waals surface area contributed by atoms with Gasteiger partial charge in [-0.1, -0.05) is 20.8 Å². The molecule has 0 radical (unpaired) electrons. The summed E-state index contributed by atoms with van der Waals surface area (Å²) in [4.78, 5) is 18.4. The fraction of sp³-hybridized carbons (Fsp3) is 0.600. The number of nitrogens with zero attached hydrogens (tertiary/aromatic N) is 1. The Kier molecular flexibility index (Phi) is 2.93. The molecular weight excluding hydrogens is 180 g/mol. The van der Waals surface area contributed by atoms with Crippen LogP contribution >= 0.6 is 0 Å². The van der Waals surface area contributed by atoms with Crippen molar-refractivity contribution in [1.82, 2.24) is 9.97 Å². The zero-order chi connectivity index (χ0) is 10.8. The van der Waals surface area contributed by atoms with Crippen LogP contribution in [-0.4, -0.2) is 22.5 Å². The highest BCUT2D eigenvalue weighted by Crippen LogP contribution is 2.23. The minimum absolute atomic E-state index is 0.126. The number of carbonyl (C=O) groups excluding carboxylic acids is 1. The maximum absolute atomic E-state index is 11.5. The van der Waals surface area contributed by atoms with Gasteiger partial charge in [0.25, 0.3) is 0 Å². The molecule has 0 amide bonds. The van der Waals surface area contributed by atoms with E-state index in [2.05, 4.69) is 9.97 Å². The van der Waals surface area contributed by atoms with Crippen molar-refractivity contribution >= 4 is 5.97 Å². The molecule has 0 unspecified atom stereocenters. The van der Waals surface area contributed by atoms with Crippen LogP contribution in [0.1, 0.15) is 43.9 Å². The van der Waals surface area contributed by atoms with Crippen molar-refractivity contribution in [3.8, 4) is 0 Å². The smallest absolute Gasteiger partial charge is 0.358 e. The minimum Gasteiger partial charge on any atom is -0.461 e. The van der Waals surface area contributed by atoms with Crippen LogP contribution in [0.5, 0.6) is 0 Å². The summed E-state index contributed by atoms with van der Waals surface area (Å²) in [6.07, 6.45) is 1.52. The van der Waals surface area contributed by atoms with Gasteiger partial charge in [0.2, 0.25) is 0 Å². The molecule has 0 saturated carbocycles. The van der Waals surface area contributed by atoms with Crippen LogP contribution in [0.2, 0.25) is 0 Å². The van der Waals surface area contributed by atoms with Gasteiger partial charge in [0.15, 0.2) is 5.69 Å². The van der Waals surface area contributed by atoms with Crippen LogP contribution in [0.3, 0.4) is 0 Å². The van der Waals surface area contributed by atoms with Crippen LogP contribution in [0, 0.1) is 0 Å². The monoisotopic (exact) mass is 196 g/mol. The topological polar surface area (TPSA) is 55.0 Å². The number of H-pyrrole nitrogens is 1. The van der Waals surface area contributed by atoms with Gasteiger partial charge in [-0.05, 0) is 6.92 Å². The lowest BCUT2D eigenvalue weighted by atomic mass is 9.91. The molecule has 0 bridgehead atoms. The lowest BCUT2D eigenvalue weighted by Crippen LogP contribution is -2.18. The van der Waals surface area contributed by atoms with E-state index in [1.807, 2.05) is 20.8 Å². The number of nitrogens with one attached hydrogen (secondary N) is 1. The van der Waals surface area contributed by atoms with E-state index in [0.717, 1.165) is 5.69 Å². The Labute approximate surface area is 83.7 Å². The van der Waals surface area contributed by atoms with Gasteiger partial charge in [0.1, 0.15) is 0 Å². The van der Waals surface area contributed by atoms with Gasteiger partial charge >= 0.3 is 5.97 Å². The Morgan fingerprint density at radius 1 is 1.57 bits per heavy atom. The van der Waals surface area contributed by atoms with Crippen LogP contribution < -0.4 is 0 Å². The van der Waals surface area contributed by atoms with Crippen molar-refractivity contribution in [2.24, 2.45) is 0 Å². The van der Waals surface area contributed by atoms with Crippen LogP contribution in [0.4, 0.5) is 0 Å². The van der Waals surface area contributed by atoms with Crippen LogP contribution in [0.25, 0.3) is 0 Å². The summed E-state index contributed by atoms with van der Waals surface area (Å²) in [6.45, 7) is 8.20. The molecule has 1 aromatic rings. The first-order valence-corrected chi connectivity index (χ1v) is 4.67. The predicted octanol–water partition coefficient (Wildman–Crippen LogP) is 1.88. The highest BCUT2D eigenvalue weighted by atomic mass is 16.5. The Bertz CT molecular complexity index is 323. The standard InChI is InChI=1S/C10H16N2O2/c1-5-14-9(13)7-8(10(2,3)4)12-6-11-7/h6H,5H2,1-4H3,(H,11,12).